The molecule has 0 aliphatic heterocycles. The van der Waals surface area contributed by atoms with Crippen LogP contribution in [0.2, 0.25) is 0 Å². The van der Waals surface area contributed by atoms with Crippen LogP contribution in [0.4, 0.5) is 5.69 Å². The molecule has 5 nitrogen and oxygen atoms in total. The Labute approximate surface area is 131 Å². The highest BCUT2D eigenvalue weighted by Crippen LogP contribution is 2.26. The van der Waals surface area contributed by atoms with Gasteiger partial charge in [-0.3, -0.25) is 9.59 Å². The molecule has 1 N–H and O–H groups in total. The molecule has 2 amide bonds. The van der Waals surface area contributed by atoms with E-state index in [9.17, 15) is 9.59 Å². The zero-order valence-electron chi connectivity index (χ0n) is 13.3. The fourth-order valence-electron chi connectivity index (χ4n) is 2.85. The number of carbonyl (C=O) groups excluding carboxylic acids is 2. The summed E-state index contributed by atoms with van der Waals surface area (Å²) in [5, 5.41) is 2.81. The van der Waals surface area contributed by atoms with Crippen LogP contribution >= 0.6 is 0 Å². The first kappa shape index (κ1) is 16.3. The molecule has 5 heteroatoms. The van der Waals surface area contributed by atoms with Crippen molar-refractivity contribution in [2.45, 2.75) is 32.6 Å². The fourth-order valence-corrected chi connectivity index (χ4v) is 2.85. The maximum absolute atomic E-state index is 12.4. The maximum atomic E-state index is 12.4. The van der Waals surface area contributed by atoms with Gasteiger partial charge in [-0.2, -0.15) is 0 Å². The first-order chi connectivity index (χ1) is 10.6. The van der Waals surface area contributed by atoms with Gasteiger partial charge in [0.1, 0.15) is 5.75 Å². The molecule has 120 valence electrons. The molecule has 22 heavy (non-hydrogen) atoms. The number of anilines is 1. The Hall–Kier alpha value is -2.04. The van der Waals surface area contributed by atoms with E-state index in [1.165, 1.54) is 0 Å². The molecule has 0 atom stereocenters. The van der Waals surface area contributed by atoms with Gasteiger partial charge in [0.2, 0.25) is 11.8 Å². The highest BCUT2D eigenvalue weighted by Gasteiger charge is 2.27. The Balaban J connectivity index is 1.92. The number of hydrogen-bond acceptors (Lipinski definition) is 3. The molecule has 1 fully saturated rings. The topological polar surface area (TPSA) is 58.6 Å². The van der Waals surface area contributed by atoms with E-state index in [4.69, 9.17) is 4.74 Å². The van der Waals surface area contributed by atoms with E-state index < -0.39 is 0 Å². The molecule has 1 aliphatic rings. The first-order valence-electron chi connectivity index (χ1n) is 7.86. The summed E-state index contributed by atoms with van der Waals surface area (Å²) in [5.41, 5.74) is 0.675. The molecule has 1 saturated carbocycles. The zero-order valence-corrected chi connectivity index (χ0v) is 13.3. The van der Waals surface area contributed by atoms with Crippen molar-refractivity contribution in [1.29, 1.82) is 0 Å². The van der Waals surface area contributed by atoms with Crippen molar-refractivity contribution in [2.24, 2.45) is 5.92 Å². The third kappa shape index (κ3) is 4.23. The number of nitrogens with zero attached hydrogens (tertiary/aromatic N) is 1. The number of hydrogen-bond donors (Lipinski definition) is 1. The lowest BCUT2D eigenvalue weighted by molar-refractivity contribution is -0.138. The van der Waals surface area contributed by atoms with Crippen LogP contribution in [-0.4, -0.2) is 36.9 Å². The quantitative estimate of drug-likeness (QED) is 0.879. The van der Waals surface area contributed by atoms with E-state index >= 15 is 0 Å². The number of likely N-dealkylation sites (N-methyl/N-ethyl adjacent to an activating group) is 1. The van der Waals surface area contributed by atoms with E-state index in [1.54, 1.807) is 24.1 Å². The normalized spacial score (nSPS) is 14.6. The summed E-state index contributed by atoms with van der Waals surface area (Å²) in [7, 11) is 1.58. The van der Waals surface area contributed by atoms with Crippen molar-refractivity contribution in [2.75, 3.05) is 25.5 Å². The van der Waals surface area contributed by atoms with Crippen molar-refractivity contribution < 1.29 is 14.3 Å². The molecular formula is C17H24N2O3. The van der Waals surface area contributed by atoms with Crippen LogP contribution in [0.5, 0.6) is 5.75 Å². The lowest BCUT2D eigenvalue weighted by Crippen LogP contribution is -2.40. The molecule has 2 rings (SSSR count). The van der Waals surface area contributed by atoms with Gasteiger partial charge in [0, 0.05) is 24.2 Å². The summed E-state index contributed by atoms with van der Waals surface area (Å²) >= 11 is 0. The molecule has 0 heterocycles. The van der Waals surface area contributed by atoms with E-state index in [0.29, 0.717) is 18.0 Å². The molecule has 0 unspecified atom stereocenters. The monoisotopic (exact) mass is 304 g/mol. The second-order valence-corrected chi connectivity index (χ2v) is 5.61. The predicted molar refractivity (Wildman–Crippen MR) is 85.8 cm³/mol. The van der Waals surface area contributed by atoms with Gasteiger partial charge in [-0.05, 0) is 31.9 Å². The van der Waals surface area contributed by atoms with Crippen LogP contribution in [0.3, 0.4) is 0 Å². The SMILES string of the molecule is CCN(CC(=O)Nc1cccc(OC)c1)C(=O)C1CCCC1. The second-order valence-electron chi connectivity index (χ2n) is 5.61. The van der Waals surface area contributed by atoms with Gasteiger partial charge in [0.05, 0.1) is 13.7 Å². The van der Waals surface area contributed by atoms with Gasteiger partial charge in [-0.25, -0.2) is 0 Å². The summed E-state index contributed by atoms with van der Waals surface area (Å²) < 4.78 is 5.13. The van der Waals surface area contributed by atoms with Crippen molar-refractivity contribution in [3.63, 3.8) is 0 Å². The molecule has 0 saturated heterocycles. The van der Waals surface area contributed by atoms with E-state index in [2.05, 4.69) is 5.32 Å². The summed E-state index contributed by atoms with van der Waals surface area (Å²) in [5.74, 6) is 0.721. The Morgan fingerprint density at radius 2 is 2.05 bits per heavy atom. The third-order valence-electron chi connectivity index (χ3n) is 4.09. The molecule has 0 aromatic heterocycles. The van der Waals surface area contributed by atoms with E-state index in [-0.39, 0.29) is 24.3 Å². The Morgan fingerprint density at radius 1 is 1.32 bits per heavy atom. The fraction of sp³-hybridized carbons (Fsp3) is 0.529. The molecule has 0 bridgehead atoms. The Kier molecular flexibility index (Phi) is 5.81. The summed E-state index contributed by atoms with van der Waals surface area (Å²) in [6, 6.07) is 7.19. The van der Waals surface area contributed by atoms with Gasteiger partial charge in [-0.15, -0.1) is 0 Å². The molecular weight excluding hydrogens is 280 g/mol. The average Bonchev–Trinajstić information content (AvgIpc) is 3.06. The van der Waals surface area contributed by atoms with Crippen LogP contribution < -0.4 is 10.1 Å². The van der Waals surface area contributed by atoms with Gasteiger partial charge in [-0.1, -0.05) is 18.9 Å². The number of benzene rings is 1. The lowest BCUT2D eigenvalue weighted by Gasteiger charge is -2.23. The average molecular weight is 304 g/mol. The molecule has 1 aliphatic carbocycles. The number of rotatable bonds is 6. The highest BCUT2D eigenvalue weighted by molar-refractivity contribution is 5.95. The minimum atomic E-state index is -0.179. The smallest absolute Gasteiger partial charge is 0.243 e. The third-order valence-corrected chi connectivity index (χ3v) is 4.09. The molecule has 1 aromatic carbocycles. The number of amides is 2. The van der Waals surface area contributed by atoms with Gasteiger partial charge >= 0.3 is 0 Å². The van der Waals surface area contributed by atoms with Crippen LogP contribution in [0.1, 0.15) is 32.6 Å². The number of carbonyl (C=O) groups is 2. The van der Waals surface area contributed by atoms with Crippen LogP contribution in [0, 0.1) is 5.92 Å². The first-order valence-corrected chi connectivity index (χ1v) is 7.86. The van der Waals surface area contributed by atoms with E-state index in [0.717, 1.165) is 25.7 Å². The largest absolute Gasteiger partial charge is 0.497 e. The van der Waals surface area contributed by atoms with E-state index in [1.807, 2.05) is 19.1 Å². The molecule has 0 radical (unpaired) electrons. The van der Waals surface area contributed by atoms with Crippen LogP contribution in [-0.2, 0) is 9.59 Å². The number of nitrogens with one attached hydrogen (secondary N) is 1. The standard InChI is InChI=1S/C17H24N2O3/c1-3-19(17(21)13-7-4-5-8-13)12-16(20)18-14-9-6-10-15(11-14)22-2/h6,9-11,13H,3-5,7-8,12H2,1-2H3,(H,18,20). The summed E-state index contributed by atoms with van der Waals surface area (Å²) in [4.78, 5) is 26.2. The van der Waals surface area contributed by atoms with Crippen molar-refractivity contribution >= 4 is 17.5 Å². The lowest BCUT2D eigenvalue weighted by atomic mass is 10.1. The summed E-state index contributed by atoms with van der Waals surface area (Å²) in [6.07, 6.45) is 4.13. The van der Waals surface area contributed by atoms with Crippen LogP contribution in [0.15, 0.2) is 24.3 Å². The van der Waals surface area contributed by atoms with Gasteiger partial charge < -0.3 is 15.0 Å². The van der Waals surface area contributed by atoms with Gasteiger partial charge in [0.15, 0.2) is 0 Å². The van der Waals surface area contributed by atoms with Crippen molar-refractivity contribution in [3.05, 3.63) is 24.3 Å². The second kappa shape index (κ2) is 7.82. The summed E-state index contributed by atoms with van der Waals surface area (Å²) in [6.45, 7) is 2.57. The minimum absolute atomic E-state index is 0.100. The van der Waals surface area contributed by atoms with Crippen LogP contribution in [0.25, 0.3) is 0 Å². The Bertz CT molecular complexity index is 524. The van der Waals surface area contributed by atoms with Gasteiger partial charge in [0.25, 0.3) is 0 Å². The Morgan fingerprint density at radius 3 is 2.68 bits per heavy atom. The van der Waals surface area contributed by atoms with Crippen molar-refractivity contribution in [1.82, 2.24) is 4.90 Å². The zero-order chi connectivity index (χ0) is 15.9. The molecule has 0 spiro atoms. The molecule has 1 aromatic rings. The number of ether oxygens (including phenoxy) is 1. The highest BCUT2D eigenvalue weighted by atomic mass is 16.5. The maximum Gasteiger partial charge on any atom is 0.243 e. The minimum Gasteiger partial charge on any atom is -0.497 e. The van der Waals surface area contributed by atoms with Crippen molar-refractivity contribution in [3.8, 4) is 5.75 Å². The predicted octanol–water partition coefficient (Wildman–Crippen LogP) is 2.67. The number of methoxy groups -OCH3 is 1.